The molecule has 0 atom stereocenters. The minimum Gasteiger partial charge on any atom is -1.00 e. The van der Waals surface area contributed by atoms with Crippen molar-refractivity contribution in [2.45, 2.75) is 0 Å². The Hall–Kier alpha value is 0.739. The van der Waals surface area contributed by atoms with Crippen molar-refractivity contribution in [1.29, 1.82) is 0 Å². The summed E-state index contributed by atoms with van der Waals surface area (Å²) in [5.41, 5.74) is 0. The van der Waals surface area contributed by atoms with Gasteiger partial charge in [-0.1, -0.05) is 0 Å². The molecule has 0 saturated heterocycles. The third-order valence-corrected chi connectivity index (χ3v) is 1.03. The Labute approximate surface area is 139 Å². The van der Waals surface area contributed by atoms with Crippen LogP contribution in [-0.4, -0.2) is 97.6 Å². The van der Waals surface area contributed by atoms with Crippen LogP contribution in [0.25, 0.3) is 0 Å². The Balaban J connectivity index is -0.0000000504. The van der Waals surface area contributed by atoms with Crippen LogP contribution < -0.4 is 0 Å². The summed E-state index contributed by atoms with van der Waals surface area (Å²) in [4.78, 5) is 20.3. The first-order chi connectivity index (χ1) is 5.11. The van der Waals surface area contributed by atoms with E-state index in [2.05, 4.69) is 4.42 Å². The molecule has 13 heavy (non-hydrogen) atoms. The predicted octanol–water partition coefficient (Wildman–Crippen LogP) is 0.364. The van der Waals surface area contributed by atoms with Crippen LogP contribution in [0.2, 0.25) is 0 Å². The van der Waals surface area contributed by atoms with Gasteiger partial charge in [-0.25, -0.2) is 9.59 Å². The number of aromatic carboxylic acids is 2. The minimum absolute atomic E-state index is 0. The molecule has 1 aromatic heterocycles. The Morgan fingerprint density at radius 1 is 1.08 bits per heavy atom. The van der Waals surface area contributed by atoms with Crippen LogP contribution in [0.5, 0.6) is 0 Å². The average molecular weight is 240 g/mol. The van der Waals surface area contributed by atoms with E-state index in [9.17, 15) is 9.59 Å². The van der Waals surface area contributed by atoms with E-state index < -0.39 is 11.9 Å². The minimum atomic E-state index is -1.28. The van der Waals surface area contributed by atoms with E-state index in [4.69, 9.17) is 10.2 Å². The summed E-state index contributed by atoms with van der Waals surface area (Å²) < 4.78 is 4.41. The van der Waals surface area contributed by atoms with Gasteiger partial charge in [0.1, 0.15) is 0 Å². The largest absolute Gasteiger partial charge is 2.00 e. The van der Waals surface area contributed by atoms with Gasteiger partial charge in [-0.3, -0.25) is 0 Å². The number of hydrogen-bond donors (Lipinski definition) is 2. The van der Waals surface area contributed by atoms with Crippen molar-refractivity contribution in [2.24, 2.45) is 0 Å². The summed E-state index contributed by atoms with van der Waals surface area (Å²) in [7, 11) is 0. The first-order valence-electron chi connectivity index (χ1n) is 2.67. The molecule has 1 rings (SSSR count). The molecule has 0 aliphatic heterocycles. The predicted molar refractivity (Wildman–Crippen MR) is 48.6 cm³/mol. The molecule has 0 aliphatic carbocycles. The number of rotatable bonds is 2. The van der Waals surface area contributed by atoms with E-state index in [0.717, 1.165) is 12.1 Å². The van der Waals surface area contributed by atoms with Crippen molar-refractivity contribution in [1.82, 2.24) is 0 Å². The number of carboxylic acids is 2. The summed E-state index contributed by atoms with van der Waals surface area (Å²) in [5, 5.41) is 16.6. The second-order valence-corrected chi connectivity index (χ2v) is 1.77. The fraction of sp³-hybridized carbons (Fsp3) is 0. The van der Waals surface area contributed by atoms with E-state index in [1.165, 1.54) is 0 Å². The van der Waals surface area contributed by atoms with E-state index in [0.29, 0.717) is 0 Å². The topological polar surface area (TPSA) is 87.7 Å². The summed E-state index contributed by atoms with van der Waals surface area (Å²) >= 11 is 0. The van der Waals surface area contributed by atoms with Crippen LogP contribution in [0.4, 0.5) is 0 Å². The maximum absolute atomic E-state index is 10.2. The molecule has 1 aromatic rings. The van der Waals surface area contributed by atoms with Crippen LogP contribution in [0.15, 0.2) is 16.5 Å². The first kappa shape index (κ1) is 16.2. The molecule has 0 bridgehead atoms. The molecule has 0 aliphatic rings. The molecule has 0 unspecified atom stereocenters. The molecule has 7 heteroatoms. The van der Waals surface area contributed by atoms with Gasteiger partial charge in [0.15, 0.2) is 0 Å². The third-order valence-electron chi connectivity index (χ3n) is 1.03. The molecule has 0 radical (unpaired) electrons. The standard InChI is InChI=1S/C6H4O5.2Ca.4H/c7-5(8)3-1-2-4(11-3)6(9)10;;;;;;/h1-2H,(H,7,8)(H,9,10);;;;;;/q;2*+2;4*-1. The number of hydrogen-bond acceptors (Lipinski definition) is 3. The van der Waals surface area contributed by atoms with E-state index in [-0.39, 0.29) is 92.7 Å². The summed E-state index contributed by atoms with van der Waals surface area (Å²) in [6, 6.07) is 2.18. The van der Waals surface area contributed by atoms with Gasteiger partial charge in [-0.15, -0.1) is 0 Å². The number of carbonyl (C=O) groups is 2. The molecule has 66 valence electrons. The van der Waals surface area contributed by atoms with Crippen molar-refractivity contribution in [3.05, 3.63) is 23.7 Å². The zero-order valence-corrected chi connectivity index (χ0v) is 11.1. The molecule has 0 fully saturated rings. The fourth-order valence-electron chi connectivity index (χ4n) is 0.568. The Morgan fingerprint density at radius 3 is 1.54 bits per heavy atom. The molecule has 0 amide bonds. The zero-order valence-electron chi connectivity index (χ0n) is 10.7. The second kappa shape index (κ2) is 7.09. The van der Waals surface area contributed by atoms with Crippen LogP contribution in [-0.2, 0) is 0 Å². The SMILES string of the molecule is O=C(O)c1ccc(C(=O)O)o1.[Ca+2].[Ca+2].[H-].[H-].[H-].[H-]. The van der Waals surface area contributed by atoms with Gasteiger partial charge >= 0.3 is 87.4 Å². The van der Waals surface area contributed by atoms with E-state index in [1.807, 2.05) is 0 Å². The maximum atomic E-state index is 10.2. The Kier molecular flexibility index (Phi) is 8.82. The molecule has 2 N–H and O–H groups in total. The van der Waals surface area contributed by atoms with Gasteiger partial charge in [0.05, 0.1) is 0 Å². The van der Waals surface area contributed by atoms with E-state index in [1.54, 1.807) is 0 Å². The second-order valence-electron chi connectivity index (χ2n) is 1.77. The summed E-state index contributed by atoms with van der Waals surface area (Å²) in [6.07, 6.45) is 0. The number of furan rings is 1. The molecular weight excluding hydrogens is 232 g/mol. The van der Waals surface area contributed by atoms with Crippen LogP contribution in [0.3, 0.4) is 0 Å². The maximum Gasteiger partial charge on any atom is 2.00 e. The van der Waals surface area contributed by atoms with Gasteiger partial charge in [-0.05, 0) is 12.1 Å². The van der Waals surface area contributed by atoms with Gasteiger partial charge in [0, 0.05) is 0 Å². The smallest absolute Gasteiger partial charge is 1.00 e. The number of carboxylic acid groups (broad SMARTS) is 2. The molecular formula is C6H8Ca2O5. The van der Waals surface area contributed by atoms with Crippen molar-refractivity contribution in [3.8, 4) is 0 Å². The normalized spacial score (nSPS) is 8.00. The average Bonchev–Trinajstić information content (AvgIpc) is 2.33. The molecule has 0 saturated carbocycles. The van der Waals surface area contributed by atoms with Crippen molar-refractivity contribution < 1.29 is 29.9 Å². The molecule has 5 nitrogen and oxygen atoms in total. The van der Waals surface area contributed by atoms with Gasteiger partial charge in [0.2, 0.25) is 11.5 Å². The van der Waals surface area contributed by atoms with Crippen molar-refractivity contribution in [2.75, 3.05) is 0 Å². The third kappa shape index (κ3) is 4.67. The quantitative estimate of drug-likeness (QED) is 0.729. The monoisotopic (exact) mass is 240 g/mol. The zero-order chi connectivity index (χ0) is 8.43. The van der Waals surface area contributed by atoms with Crippen LogP contribution in [0, 0.1) is 0 Å². The summed E-state index contributed by atoms with van der Waals surface area (Å²) in [5.74, 6) is -3.31. The van der Waals surface area contributed by atoms with Crippen molar-refractivity contribution >= 4 is 87.4 Å². The van der Waals surface area contributed by atoms with Gasteiger partial charge in [0.25, 0.3) is 0 Å². The Morgan fingerprint density at radius 2 is 1.38 bits per heavy atom. The van der Waals surface area contributed by atoms with Crippen LogP contribution in [0.1, 0.15) is 26.8 Å². The molecule has 0 aromatic carbocycles. The van der Waals surface area contributed by atoms with Crippen LogP contribution >= 0.6 is 0 Å². The van der Waals surface area contributed by atoms with E-state index >= 15 is 0 Å². The Bertz CT molecular complexity index is 291. The van der Waals surface area contributed by atoms with Crippen molar-refractivity contribution in [3.63, 3.8) is 0 Å². The fourth-order valence-corrected chi connectivity index (χ4v) is 0.568. The first-order valence-corrected chi connectivity index (χ1v) is 2.67. The summed E-state index contributed by atoms with van der Waals surface area (Å²) in [6.45, 7) is 0. The van der Waals surface area contributed by atoms with Gasteiger partial charge < -0.3 is 20.3 Å². The van der Waals surface area contributed by atoms with Gasteiger partial charge in [-0.2, -0.15) is 0 Å². The molecule has 0 spiro atoms. The molecule has 1 heterocycles.